The monoisotopic (exact) mass is 300 g/mol. The molecule has 0 aliphatic carbocycles. The van der Waals surface area contributed by atoms with Gasteiger partial charge in [-0.05, 0) is 30.7 Å². The van der Waals surface area contributed by atoms with Crippen molar-refractivity contribution in [2.75, 3.05) is 23.3 Å². The van der Waals surface area contributed by atoms with Gasteiger partial charge >= 0.3 is 0 Å². The van der Waals surface area contributed by atoms with Gasteiger partial charge in [-0.3, -0.25) is 0 Å². The van der Waals surface area contributed by atoms with Gasteiger partial charge in [0.05, 0.1) is 22.6 Å². The quantitative estimate of drug-likeness (QED) is 0.914. The molecule has 1 aromatic heterocycles. The molecule has 21 heavy (non-hydrogen) atoms. The zero-order valence-corrected chi connectivity index (χ0v) is 12.3. The van der Waals surface area contributed by atoms with Crippen molar-refractivity contribution in [2.45, 2.75) is 18.5 Å². The van der Waals surface area contributed by atoms with Gasteiger partial charge in [-0.1, -0.05) is 23.7 Å². The molecular formula is C16H17ClN4. The Morgan fingerprint density at radius 3 is 2.57 bits per heavy atom. The summed E-state index contributed by atoms with van der Waals surface area (Å²) in [6.07, 6.45) is 3.25. The van der Waals surface area contributed by atoms with Gasteiger partial charge in [0.25, 0.3) is 0 Å². The third-order valence-electron chi connectivity index (χ3n) is 4.17. The summed E-state index contributed by atoms with van der Waals surface area (Å²) in [5, 5.41) is 7.49. The molecule has 0 amide bonds. The standard InChI is InChI=1S/C16H17ClN4/c17-14-3-1-2-4-15(14)20-16-6-5-13(8-18-16)21-9-11-7-12(10-21)19-11/h1-6,8,11-12,19H,7,9-10H2,(H,18,20). The lowest BCUT2D eigenvalue weighted by Gasteiger charge is -2.49. The first-order valence-electron chi connectivity index (χ1n) is 7.26. The van der Waals surface area contributed by atoms with Gasteiger partial charge in [0.1, 0.15) is 5.82 Å². The van der Waals surface area contributed by atoms with Crippen LogP contribution >= 0.6 is 11.6 Å². The summed E-state index contributed by atoms with van der Waals surface area (Å²) in [7, 11) is 0. The van der Waals surface area contributed by atoms with Crippen molar-refractivity contribution in [2.24, 2.45) is 0 Å². The number of hydrogen-bond donors (Lipinski definition) is 2. The molecule has 0 saturated carbocycles. The number of anilines is 3. The molecule has 1 aromatic carbocycles. The molecule has 2 bridgehead atoms. The van der Waals surface area contributed by atoms with Gasteiger partial charge in [-0.25, -0.2) is 4.98 Å². The molecular weight excluding hydrogens is 284 g/mol. The Hall–Kier alpha value is -1.78. The van der Waals surface area contributed by atoms with E-state index in [1.165, 1.54) is 12.1 Å². The van der Waals surface area contributed by atoms with E-state index in [4.69, 9.17) is 11.6 Å². The van der Waals surface area contributed by atoms with Gasteiger partial charge in [0.15, 0.2) is 0 Å². The number of piperazine rings is 1. The zero-order chi connectivity index (χ0) is 14.2. The first-order chi connectivity index (χ1) is 10.3. The Kier molecular flexibility index (Phi) is 3.20. The summed E-state index contributed by atoms with van der Waals surface area (Å²) >= 11 is 6.14. The summed E-state index contributed by atoms with van der Waals surface area (Å²) in [5.41, 5.74) is 2.07. The summed E-state index contributed by atoms with van der Waals surface area (Å²) in [6.45, 7) is 2.16. The molecule has 3 saturated heterocycles. The highest BCUT2D eigenvalue weighted by molar-refractivity contribution is 6.33. The normalized spacial score (nSPS) is 23.6. The van der Waals surface area contributed by atoms with E-state index in [1.807, 2.05) is 36.5 Å². The van der Waals surface area contributed by atoms with Crippen LogP contribution in [0.4, 0.5) is 17.2 Å². The fraction of sp³-hybridized carbons (Fsp3) is 0.312. The number of pyridine rings is 1. The van der Waals surface area contributed by atoms with Gasteiger partial charge in [0, 0.05) is 25.2 Å². The molecule has 2 unspecified atom stereocenters. The van der Waals surface area contributed by atoms with Crippen LogP contribution in [0.5, 0.6) is 0 Å². The molecule has 0 radical (unpaired) electrons. The maximum Gasteiger partial charge on any atom is 0.130 e. The van der Waals surface area contributed by atoms with Gasteiger partial charge < -0.3 is 15.5 Å². The molecule has 3 fully saturated rings. The number of aromatic nitrogens is 1. The third kappa shape index (κ3) is 2.57. The molecule has 0 spiro atoms. The number of rotatable bonds is 3. The van der Waals surface area contributed by atoms with Crippen molar-refractivity contribution in [1.82, 2.24) is 10.3 Å². The van der Waals surface area contributed by atoms with E-state index in [2.05, 4.69) is 26.6 Å². The van der Waals surface area contributed by atoms with Crippen molar-refractivity contribution in [3.05, 3.63) is 47.6 Å². The first-order valence-corrected chi connectivity index (χ1v) is 7.64. The molecule has 2 N–H and O–H groups in total. The van der Waals surface area contributed by atoms with Crippen molar-refractivity contribution < 1.29 is 0 Å². The average molecular weight is 301 g/mol. The maximum absolute atomic E-state index is 6.14. The van der Waals surface area contributed by atoms with Crippen LogP contribution < -0.4 is 15.5 Å². The summed E-state index contributed by atoms with van der Waals surface area (Å²) < 4.78 is 0. The van der Waals surface area contributed by atoms with Crippen LogP contribution in [-0.4, -0.2) is 30.2 Å². The number of hydrogen-bond acceptors (Lipinski definition) is 4. The number of nitrogens with one attached hydrogen (secondary N) is 2. The molecule has 5 heteroatoms. The van der Waals surface area contributed by atoms with Crippen molar-refractivity contribution in [3.8, 4) is 0 Å². The second-order valence-corrected chi connectivity index (χ2v) is 6.11. The number of fused-ring (bicyclic) bond motifs is 2. The highest BCUT2D eigenvalue weighted by Gasteiger charge is 2.36. The van der Waals surface area contributed by atoms with E-state index >= 15 is 0 Å². The largest absolute Gasteiger partial charge is 0.367 e. The number of nitrogens with zero attached hydrogens (tertiary/aromatic N) is 2. The Bertz CT molecular complexity index is 627. The highest BCUT2D eigenvalue weighted by atomic mass is 35.5. The molecule has 3 aliphatic heterocycles. The lowest BCUT2D eigenvalue weighted by atomic mass is 9.91. The zero-order valence-electron chi connectivity index (χ0n) is 11.6. The second kappa shape index (κ2) is 5.20. The van der Waals surface area contributed by atoms with E-state index in [0.29, 0.717) is 17.1 Å². The SMILES string of the molecule is Clc1ccccc1Nc1ccc(N2CC3CC(C2)N3)cn1. The van der Waals surface area contributed by atoms with Crippen LogP contribution in [0.15, 0.2) is 42.6 Å². The van der Waals surface area contributed by atoms with Gasteiger partial charge in [-0.15, -0.1) is 0 Å². The van der Waals surface area contributed by atoms with Crippen LogP contribution in [0.2, 0.25) is 5.02 Å². The highest BCUT2D eigenvalue weighted by Crippen LogP contribution is 2.27. The predicted octanol–water partition coefficient (Wildman–Crippen LogP) is 3.03. The van der Waals surface area contributed by atoms with E-state index in [-0.39, 0.29) is 0 Å². The summed E-state index contributed by atoms with van der Waals surface area (Å²) in [6, 6.07) is 13.1. The smallest absolute Gasteiger partial charge is 0.130 e. The van der Waals surface area contributed by atoms with E-state index in [0.717, 1.165) is 24.6 Å². The minimum absolute atomic E-state index is 0.657. The number of halogens is 1. The van der Waals surface area contributed by atoms with Crippen LogP contribution in [-0.2, 0) is 0 Å². The summed E-state index contributed by atoms with van der Waals surface area (Å²) in [5.74, 6) is 0.812. The molecule has 4 nitrogen and oxygen atoms in total. The predicted molar refractivity (Wildman–Crippen MR) is 86.5 cm³/mol. The Labute approximate surface area is 129 Å². The van der Waals surface area contributed by atoms with Crippen molar-refractivity contribution in [3.63, 3.8) is 0 Å². The number of benzene rings is 1. The topological polar surface area (TPSA) is 40.2 Å². The first kappa shape index (κ1) is 12.9. The maximum atomic E-state index is 6.14. The Morgan fingerprint density at radius 2 is 1.90 bits per heavy atom. The molecule has 4 heterocycles. The van der Waals surface area contributed by atoms with E-state index in [9.17, 15) is 0 Å². The van der Waals surface area contributed by atoms with Crippen molar-refractivity contribution in [1.29, 1.82) is 0 Å². The molecule has 5 rings (SSSR count). The molecule has 108 valence electrons. The Morgan fingerprint density at radius 1 is 1.14 bits per heavy atom. The minimum Gasteiger partial charge on any atom is -0.367 e. The van der Waals surface area contributed by atoms with Crippen LogP contribution in [0.3, 0.4) is 0 Å². The Balaban J connectivity index is 1.47. The molecule has 2 aromatic rings. The fourth-order valence-corrected chi connectivity index (χ4v) is 3.25. The van der Waals surface area contributed by atoms with Crippen LogP contribution in [0.1, 0.15) is 6.42 Å². The van der Waals surface area contributed by atoms with Crippen LogP contribution in [0.25, 0.3) is 0 Å². The van der Waals surface area contributed by atoms with Crippen molar-refractivity contribution >= 4 is 28.8 Å². The molecule has 2 atom stereocenters. The average Bonchev–Trinajstić information content (AvgIpc) is 2.50. The number of para-hydroxylation sites is 1. The van der Waals surface area contributed by atoms with Gasteiger partial charge in [-0.2, -0.15) is 0 Å². The summed E-state index contributed by atoms with van der Waals surface area (Å²) in [4.78, 5) is 6.90. The minimum atomic E-state index is 0.657. The fourth-order valence-electron chi connectivity index (χ4n) is 3.07. The molecule has 3 aliphatic rings. The second-order valence-electron chi connectivity index (χ2n) is 5.71. The van der Waals surface area contributed by atoms with E-state index < -0.39 is 0 Å². The van der Waals surface area contributed by atoms with Gasteiger partial charge in [0.2, 0.25) is 0 Å². The lowest BCUT2D eigenvalue weighted by molar-refractivity contribution is 0.226. The number of piperidine rings is 1. The van der Waals surface area contributed by atoms with Crippen LogP contribution in [0, 0.1) is 0 Å². The third-order valence-corrected chi connectivity index (χ3v) is 4.50. The van der Waals surface area contributed by atoms with E-state index in [1.54, 1.807) is 0 Å². The lowest BCUT2D eigenvalue weighted by Crippen LogP contribution is -2.67.